The average Bonchev–Trinajstić information content (AvgIpc) is 2.47. The van der Waals surface area contributed by atoms with Crippen molar-refractivity contribution in [3.05, 3.63) is 35.4 Å². The van der Waals surface area contributed by atoms with Crippen LogP contribution in [0.3, 0.4) is 0 Å². The van der Waals surface area contributed by atoms with Gasteiger partial charge in [0, 0.05) is 11.5 Å². The van der Waals surface area contributed by atoms with Gasteiger partial charge in [-0.3, -0.25) is 0 Å². The molecule has 0 aliphatic carbocycles. The summed E-state index contributed by atoms with van der Waals surface area (Å²) in [5.74, 6) is 1.65. The minimum atomic E-state index is -4.39. The zero-order valence-corrected chi connectivity index (χ0v) is 12.2. The highest BCUT2D eigenvalue weighted by Crippen LogP contribution is 2.29. The summed E-state index contributed by atoms with van der Waals surface area (Å²) < 4.78 is 42.3. The van der Waals surface area contributed by atoms with Crippen LogP contribution >= 0.6 is 11.8 Å². The molecule has 1 aromatic rings. The van der Waals surface area contributed by atoms with E-state index in [9.17, 15) is 18.0 Å². The number of halogens is 3. The molecule has 7 heteroatoms. The van der Waals surface area contributed by atoms with Crippen LogP contribution in [-0.4, -0.2) is 43.7 Å². The number of carbonyl (C=O) groups is 1. The summed E-state index contributed by atoms with van der Waals surface area (Å²) in [5, 5.41) is 0. The van der Waals surface area contributed by atoms with Crippen LogP contribution in [0.15, 0.2) is 24.3 Å². The van der Waals surface area contributed by atoms with Crippen LogP contribution < -0.4 is 4.90 Å². The third-order valence-electron chi connectivity index (χ3n) is 3.34. The van der Waals surface area contributed by atoms with E-state index in [-0.39, 0.29) is 5.56 Å². The van der Waals surface area contributed by atoms with Gasteiger partial charge in [0.2, 0.25) is 0 Å². The summed E-state index contributed by atoms with van der Waals surface area (Å²) in [4.78, 5) is 13.1. The Morgan fingerprint density at radius 1 is 1.19 bits per heavy atom. The number of ether oxygens (including phenoxy) is 1. The molecule has 0 atom stereocenters. The minimum absolute atomic E-state index is 0.146. The molecule has 1 fully saturated rings. The molecule has 0 bridgehead atoms. The van der Waals surface area contributed by atoms with E-state index in [1.54, 1.807) is 0 Å². The zero-order chi connectivity index (χ0) is 15.3. The average molecular weight is 320 g/mol. The SMILES string of the molecule is O=C(OCC[NH+]1CCSCC1)c1ccc(C(F)(F)F)cc1. The molecular weight excluding hydrogens is 303 g/mol. The topological polar surface area (TPSA) is 30.7 Å². The Morgan fingerprint density at radius 2 is 1.81 bits per heavy atom. The van der Waals surface area contributed by atoms with Gasteiger partial charge in [-0.15, -0.1) is 0 Å². The van der Waals surface area contributed by atoms with Gasteiger partial charge in [-0.25, -0.2) is 4.79 Å². The van der Waals surface area contributed by atoms with E-state index in [1.165, 1.54) is 4.90 Å². The monoisotopic (exact) mass is 320 g/mol. The summed E-state index contributed by atoms with van der Waals surface area (Å²) in [6.07, 6.45) is -4.39. The lowest BCUT2D eigenvalue weighted by Gasteiger charge is -2.22. The number of benzene rings is 1. The first-order valence-corrected chi connectivity index (χ1v) is 7.88. The maximum Gasteiger partial charge on any atom is 0.416 e. The summed E-state index contributed by atoms with van der Waals surface area (Å²) in [6, 6.07) is 4.08. The molecule has 1 aliphatic heterocycles. The van der Waals surface area contributed by atoms with Gasteiger partial charge < -0.3 is 9.64 Å². The maximum atomic E-state index is 12.4. The smallest absolute Gasteiger partial charge is 0.416 e. The predicted octanol–water partition coefficient (Wildman–Crippen LogP) is 1.49. The van der Waals surface area contributed by atoms with Crippen molar-refractivity contribution < 1.29 is 27.6 Å². The number of hydrogen-bond acceptors (Lipinski definition) is 3. The first kappa shape index (κ1) is 16.2. The van der Waals surface area contributed by atoms with Crippen LogP contribution in [0.5, 0.6) is 0 Å². The fourth-order valence-electron chi connectivity index (χ4n) is 2.08. The maximum absolute atomic E-state index is 12.4. The van der Waals surface area contributed by atoms with Crippen molar-refractivity contribution in [3.63, 3.8) is 0 Å². The normalized spacial score (nSPS) is 16.7. The molecule has 0 radical (unpaired) electrons. The van der Waals surface area contributed by atoms with Gasteiger partial charge in [-0.05, 0) is 24.3 Å². The van der Waals surface area contributed by atoms with E-state index in [1.807, 2.05) is 11.8 Å². The van der Waals surface area contributed by atoms with Crippen molar-refractivity contribution in [2.24, 2.45) is 0 Å². The van der Waals surface area contributed by atoms with Gasteiger partial charge in [0.15, 0.2) is 0 Å². The van der Waals surface area contributed by atoms with E-state index in [0.29, 0.717) is 6.61 Å². The lowest BCUT2D eigenvalue weighted by molar-refractivity contribution is -0.896. The Labute approximate surface area is 125 Å². The molecule has 1 heterocycles. The molecule has 1 saturated heterocycles. The standard InChI is InChI=1S/C14H16F3NO2S/c15-14(16,17)12-3-1-11(2-4-12)13(19)20-8-5-18-6-9-21-10-7-18/h1-4H,5-10H2/p+1. The van der Waals surface area contributed by atoms with Crippen LogP contribution in [0, 0.1) is 0 Å². The molecule has 0 spiro atoms. The van der Waals surface area contributed by atoms with Crippen molar-refractivity contribution in [2.45, 2.75) is 6.18 Å². The molecule has 0 aromatic heterocycles. The van der Waals surface area contributed by atoms with Crippen molar-refractivity contribution in [1.29, 1.82) is 0 Å². The van der Waals surface area contributed by atoms with Gasteiger partial charge >= 0.3 is 12.1 Å². The zero-order valence-electron chi connectivity index (χ0n) is 11.4. The molecule has 0 amide bonds. The molecule has 21 heavy (non-hydrogen) atoms. The lowest BCUT2D eigenvalue weighted by atomic mass is 10.1. The number of esters is 1. The van der Waals surface area contributed by atoms with Crippen LogP contribution in [0.1, 0.15) is 15.9 Å². The molecule has 3 nitrogen and oxygen atoms in total. The lowest BCUT2D eigenvalue weighted by Crippen LogP contribution is -3.14. The first-order chi connectivity index (χ1) is 9.97. The Morgan fingerprint density at radius 3 is 2.38 bits per heavy atom. The van der Waals surface area contributed by atoms with Gasteiger partial charge in [-0.2, -0.15) is 24.9 Å². The van der Waals surface area contributed by atoms with E-state index >= 15 is 0 Å². The largest absolute Gasteiger partial charge is 0.456 e. The van der Waals surface area contributed by atoms with Crippen LogP contribution in [0.2, 0.25) is 0 Å². The van der Waals surface area contributed by atoms with Crippen molar-refractivity contribution >= 4 is 17.7 Å². The van der Waals surface area contributed by atoms with Crippen LogP contribution in [0.4, 0.5) is 13.2 Å². The van der Waals surface area contributed by atoms with Crippen LogP contribution in [-0.2, 0) is 10.9 Å². The molecule has 1 aromatic carbocycles. The number of alkyl halides is 3. The number of quaternary nitrogens is 1. The van der Waals surface area contributed by atoms with Gasteiger partial charge in [0.1, 0.15) is 13.2 Å². The Hall–Kier alpha value is -1.21. The number of thioether (sulfide) groups is 1. The van der Waals surface area contributed by atoms with Gasteiger partial charge in [-0.1, -0.05) is 0 Å². The molecule has 116 valence electrons. The second kappa shape index (κ2) is 7.17. The van der Waals surface area contributed by atoms with E-state index in [0.717, 1.165) is 55.4 Å². The molecule has 1 N–H and O–H groups in total. The highest BCUT2D eigenvalue weighted by atomic mass is 32.2. The molecule has 1 aliphatic rings. The highest BCUT2D eigenvalue weighted by molar-refractivity contribution is 7.99. The number of carbonyl (C=O) groups excluding carboxylic acids is 1. The first-order valence-electron chi connectivity index (χ1n) is 6.72. The van der Waals surface area contributed by atoms with E-state index in [2.05, 4.69) is 0 Å². The van der Waals surface area contributed by atoms with E-state index in [4.69, 9.17) is 4.74 Å². The summed E-state index contributed by atoms with van der Waals surface area (Å²) in [6.45, 7) is 3.15. The molecule has 0 saturated carbocycles. The summed E-state index contributed by atoms with van der Waals surface area (Å²) in [7, 11) is 0. The quantitative estimate of drug-likeness (QED) is 0.853. The molecular formula is C14H17F3NO2S+. The summed E-state index contributed by atoms with van der Waals surface area (Å²) in [5.41, 5.74) is -0.624. The number of rotatable bonds is 4. The second-order valence-electron chi connectivity index (χ2n) is 4.82. The Balaban J connectivity index is 1.80. The van der Waals surface area contributed by atoms with Crippen molar-refractivity contribution in [2.75, 3.05) is 37.7 Å². The Kier molecular flexibility index (Phi) is 5.52. The summed E-state index contributed by atoms with van der Waals surface area (Å²) >= 11 is 1.92. The fraction of sp³-hybridized carbons (Fsp3) is 0.500. The third-order valence-corrected chi connectivity index (χ3v) is 4.32. The van der Waals surface area contributed by atoms with Crippen LogP contribution in [0.25, 0.3) is 0 Å². The van der Waals surface area contributed by atoms with Crippen molar-refractivity contribution in [1.82, 2.24) is 0 Å². The third kappa shape index (κ3) is 4.93. The van der Waals surface area contributed by atoms with Gasteiger partial charge in [0.25, 0.3) is 0 Å². The molecule has 2 rings (SSSR count). The minimum Gasteiger partial charge on any atom is -0.456 e. The highest BCUT2D eigenvalue weighted by Gasteiger charge is 2.30. The Bertz CT molecular complexity index is 470. The predicted molar refractivity (Wildman–Crippen MR) is 74.6 cm³/mol. The number of nitrogens with one attached hydrogen (secondary N) is 1. The van der Waals surface area contributed by atoms with Gasteiger partial charge in [0.05, 0.1) is 24.2 Å². The number of hydrogen-bond donors (Lipinski definition) is 1. The van der Waals surface area contributed by atoms with E-state index < -0.39 is 17.7 Å². The van der Waals surface area contributed by atoms with Crippen molar-refractivity contribution in [3.8, 4) is 0 Å². The molecule has 0 unspecified atom stereocenters. The fourth-order valence-corrected chi connectivity index (χ4v) is 3.15. The second-order valence-corrected chi connectivity index (χ2v) is 6.05.